The molecule has 19 heteroatoms. The minimum Gasteiger partial charge on any atom is -0.462 e. The molecule has 17 nitrogen and oxygen atoms in total. The Balaban J connectivity index is 5.23. The highest BCUT2D eigenvalue weighted by atomic mass is 31.2. The maximum absolute atomic E-state index is 13.2. The van der Waals surface area contributed by atoms with Gasteiger partial charge in [0.2, 0.25) is 0 Å². The summed E-state index contributed by atoms with van der Waals surface area (Å²) >= 11 is 0. The number of phosphoric ester groups is 2. The molecule has 0 rings (SSSR count). The molecule has 0 fully saturated rings. The zero-order valence-electron chi connectivity index (χ0n) is 76.7. The van der Waals surface area contributed by atoms with Crippen molar-refractivity contribution < 1.29 is 80.2 Å². The summed E-state index contributed by atoms with van der Waals surface area (Å²) in [5, 5.41) is 10.7. The van der Waals surface area contributed by atoms with Crippen LogP contribution in [0.15, 0.2) is 0 Å². The Morgan fingerprint density at radius 2 is 0.414 bits per heavy atom. The van der Waals surface area contributed by atoms with Gasteiger partial charge in [-0.1, -0.05) is 484 Å². The number of esters is 4. The molecule has 0 bridgehead atoms. The molecule has 0 saturated carbocycles. The fraction of sp³-hybridized carbons (Fsp3) is 0.959. The second-order valence-electron chi connectivity index (χ2n) is 35.1. The molecule has 0 aliphatic rings. The molecule has 0 amide bonds. The van der Waals surface area contributed by atoms with E-state index in [1.807, 2.05) is 0 Å². The van der Waals surface area contributed by atoms with Crippen molar-refractivity contribution >= 4 is 39.5 Å². The molecule has 0 aromatic carbocycles. The molecule has 3 N–H and O–H groups in total. The number of aliphatic hydroxyl groups is 1. The molecule has 116 heavy (non-hydrogen) atoms. The van der Waals surface area contributed by atoms with Crippen LogP contribution in [0.4, 0.5) is 0 Å². The second kappa shape index (κ2) is 89.3. The Bertz CT molecular complexity index is 2190. The monoisotopic (exact) mass is 1690 g/mol. The van der Waals surface area contributed by atoms with Crippen LogP contribution in [0.5, 0.6) is 0 Å². The number of phosphoric acid groups is 2. The fourth-order valence-electron chi connectivity index (χ4n) is 15.4. The Hall–Kier alpha value is -1.94. The van der Waals surface area contributed by atoms with Crippen molar-refractivity contribution in [3.8, 4) is 0 Å². The quantitative estimate of drug-likeness (QED) is 0.0222. The normalized spacial score (nSPS) is 13.8. The van der Waals surface area contributed by atoms with E-state index in [9.17, 15) is 43.2 Å². The van der Waals surface area contributed by atoms with Crippen molar-refractivity contribution in [3.63, 3.8) is 0 Å². The second-order valence-corrected chi connectivity index (χ2v) is 38.0. The molecule has 0 aromatic rings. The van der Waals surface area contributed by atoms with Gasteiger partial charge in [0.1, 0.15) is 19.3 Å². The van der Waals surface area contributed by atoms with Gasteiger partial charge in [-0.3, -0.25) is 37.3 Å². The largest absolute Gasteiger partial charge is 0.472 e. The summed E-state index contributed by atoms with van der Waals surface area (Å²) in [6.07, 6.45) is 87.7. The molecule has 3 unspecified atom stereocenters. The average Bonchev–Trinajstić information content (AvgIpc) is 0.930. The predicted molar refractivity (Wildman–Crippen MR) is 483 cm³/mol. The highest BCUT2D eigenvalue weighted by Gasteiger charge is 2.31. The number of aliphatic hydroxyl groups excluding tert-OH is 1. The highest BCUT2D eigenvalue weighted by molar-refractivity contribution is 7.47. The molecule has 690 valence electrons. The Morgan fingerprint density at radius 1 is 0.241 bits per heavy atom. The summed E-state index contributed by atoms with van der Waals surface area (Å²) in [5.41, 5.74) is 0. The van der Waals surface area contributed by atoms with Crippen molar-refractivity contribution in [1.82, 2.24) is 0 Å². The smallest absolute Gasteiger partial charge is 0.462 e. The van der Waals surface area contributed by atoms with Gasteiger partial charge in [-0.05, 0) is 31.6 Å². The van der Waals surface area contributed by atoms with E-state index in [0.717, 1.165) is 95.8 Å². The number of carbonyl (C=O) groups is 4. The first kappa shape index (κ1) is 114. The number of ether oxygens (including phenoxy) is 4. The lowest BCUT2D eigenvalue weighted by Gasteiger charge is -2.21. The van der Waals surface area contributed by atoms with Crippen LogP contribution < -0.4 is 0 Å². The fourth-order valence-corrected chi connectivity index (χ4v) is 17.0. The zero-order valence-corrected chi connectivity index (χ0v) is 78.4. The van der Waals surface area contributed by atoms with Crippen LogP contribution in [0.25, 0.3) is 0 Å². The van der Waals surface area contributed by atoms with E-state index in [-0.39, 0.29) is 25.7 Å². The van der Waals surface area contributed by atoms with E-state index in [4.69, 9.17) is 37.0 Å². The Labute approximate surface area is 715 Å². The van der Waals surface area contributed by atoms with Crippen LogP contribution in [0.1, 0.15) is 535 Å². The molecular formula is C97H190O17P2. The molecule has 0 heterocycles. The van der Waals surface area contributed by atoms with Crippen LogP contribution in [-0.2, 0) is 65.4 Å². The molecule has 6 atom stereocenters. The van der Waals surface area contributed by atoms with Crippen molar-refractivity contribution in [1.29, 1.82) is 0 Å². The summed E-state index contributed by atoms with van der Waals surface area (Å²) in [5.74, 6) is -1.21. The number of carbonyl (C=O) groups excluding carboxylic acids is 4. The lowest BCUT2D eigenvalue weighted by molar-refractivity contribution is -0.161. The third-order valence-electron chi connectivity index (χ3n) is 23.4. The minimum absolute atomic E-state index is 0.110. The first-order valence-electron chi connectivity index (χ1n) is 50.2. The van der Waals surface area contributed by atoms with Crippen LogP contribution in [-0.4, -0.2) is 96.7 Å². The molecule has 0 aromatic heterocycles. The van der Waals surface area contributed by atoms with Gasteiger partial charge in [0.05, 0.1) is 26.4 Å². The summed E-state index contributed by atoms with van der Waals surface area (Å²) in [7, 11) is -9.94. The molecule has 0 spiro atoms. The van der Waals surface area contributed by atoms with E-state index in [0.29, 0.717) is 25.7 Å². The highest BCUT2D eigenvalue weighted by Crippen LogP contribution is 2.45. The van der Waals surface area contributed by atoms with Crippen molar-refractivity contribution in [2.24, 2.45) is 5.92 Å². The molecular weight excluding hydrogens is 1500 g/mol. The number of hydrogen-bond acceptors (Lipinski definition) is 15. The molecule has 0 saturated heterocycles. The first-order chi connectivity index (χ1) is 56.6. The summed E-state index contributed by atoms with van der Waals surface area (Å²) in [6.45, 7) is 7.50. The lowest BCUT2D eigenvalue weighted by Crippen LogP contribution is -2.30. The number of rotatable bonds is 97. The number of hydrogen-bond donors (Lipinski definition) is 3. The SMILES string of the molecule is CCCCCCCCCCCCCCCCCCCCCCCC(=O)OC[C@H](COP(=O)(O)OC[C@@H](O)COP(=O)(O)OC[C@@H](COC(=O)CCCCCCCCCCCCCC)OC(=O)CCCCCCCCCCCCCCCCCCCCCCC)OC(=O)CCCCCCCCCCCCCCCCCCCCC(C)CC. The van der Waals surface area contributed by atoms with Gasteiger partial charge in [-0.15, -0.1) is 0 Å². The van der Waals surface area contributed by atoms with E-state index < -0.39 is 97.5 Å². The standard InChI is InChI=1S/C97H190O17P2/c1-6-10-13-16-19-22-25-28-30-32-34-36-38-43-47-51-56-61-66-71-76-81-95(100)108-87-93(114-97(102)83-78-73-68-63-58-53-49-45-41-40-42-46-50-54-59-64-69-74-79-90(5)9-4)89-112-116(105,106)110-85-91(98)84-109-115(103,104)111-88-92(86-107-94(99)80-75-70-65-60-55-27-24-21-18-15-12-8-3)113-96(101)82-77-72-67-62-57-52-48-44-39-37-35-33-31-29-26-23-20-17-14-11-7-2/h90-93,98H,6-89H2,1-5H3,(H,103,104)(H,105,106)/t90?,91-,92+,93+/m0/s1. The van der Waals surface area contributed by atoms with Gasteiger partial charge in [0.15, 0.2) is 12.2 Å². The maximum Gasteiger partial charge on any atom is 0.472 e. The summed E-state index contributed by atoms with van der Waals surface area (Å²) in [6, 6.07) is 0. The Morgan fingerprint density at radius 3 is 0.612 bits per heavy atom. The molecule has 0 aliphatic carbocycles. The van der Waals surface area contributed by atoms with Crippen molar-refractivity contribution in [3.05, 3.63) is 0 Å². The maximum atomic E-state index is 13.2. The lowest BCUT2D eigenvalue weighted by atomic mass is 9.99. The average molecular weight is 1690 g/mol. The van der Waals surface area contributed by atoms with Crippen molar-refractivity contribution in [2.45, 2.75) is 554 Å². The van der Waals surface area contributed by atoms with Gasteiger partial charge < -0.3 is 33.8 Å². The van der Waals surface area contributed by atoms with Crippen LogP contribution >= 0.6 is 15.6 Å². The zero-order chi connectivity index (χ0) is 84.7. The van der Waals surface area contributed by atoms with Gasteiger partial charge in [-0.2, -0.15) is 0 Å². The van der Waals surface area contributed by atoms with E-state index in [2.05, 4.69) is 34.6 Å². The molecule has 0 aliphatic heterocycles. The van der Waals surface area contributed by atoms with Gasteiger partial charge >= 0.3 is 39.5 Å². The summed E-state index contributed by atoms with van der Waals surface area (Å²) < 4.78 is 69.3. The van der Waals surface area contributed by atoms with E-state index in [1.165, 1.54) is 360 Å². The van der Waals surface area contributed by atoms with Gasteiger partial charge in [0, 0.05) is 25.7 Å². The Kier molecular flexibility index (Phi) is 87.8. The van der Waals surface area contributed by atoms with Gasteiger partial charge in [-0.25, -0.2) is 9.13 Å². The molecule has 0 radical (unpaired) electrons. The van der Waals surface area contributed by atoms with Crippen LogP contribution in [0.3, 0.4) is 0 Å². The summed E-state index contributed by atoms with van der Waals surface area (Å²) in [4.78, 5) is 73.6. The van der Waals surface area contributed by atoms with Crippen LogP contribution in [0.2, 0.25) is 0 Å². The van der Waals surface area contributed by atoms with E-state index in [1.54, 1.807) is 0 Å². The van der Waals surface area contributed by atoms with E-state index >= 15 is 0 Å². The van der Waals surface area contributed by atoms with Crippen LogP contribution in [0, 0.1) is 5.92 Å². The topological polar surface area (TPSA) is 237 Å². The van der Waals surface area contributed by atoms with Crippen molar-refractivity contribution in [2.75, 3.05) is 39.6 Å². The minimum atomic E-state index is -4.97. The first-order valence-corrected chi connectivity index (χ1v) is 53.2. The third kappa shape index (κ3) is 88.4. The van der Waals surface area contributed by atoms with Gasteiger partial charge in [0.25, 0.3) is 0 Å². The predicted octanol–water partition coefficient (Wildman–Crippen LogP) is 30.7. The third-order valence-corrected chi connectivity index (χ3v) is 25.3. The number of unbranched alkanes of at least 4 members (excludes halogenated alkanes) is 68.